The fourth-order valence-corrected chi connectivity index (χ4v) is 4.09. The third-order valence-corrected chi connectivity index (χ3v) is 5.20. The van der Waals surface area contributed by atoms with E-state index in [9.17, 15) is 8.42 Å². The molecule has 0 spiro atoms. The molecule has 1 fully saturated rings. The molecule has 0 aliphatic carbocycles. The Morgan fingerprint density at radius 3 is 2.73 bits per heavy atom. The second-order valence-electron chi connectivity index (χ2n) is 5.60. The third kappa shape index (κ3) is 2.76. The van der Waals surface area contributed by atoms with Crippen molar-refractivity contribution in [2.24, 2.45) is 7.05 Å². The van der Waals surface area contributed by atoms with Crippen LogP contribution in [0, 0.1) is 6.92 Å². The van der Waals surface area contributed by atoms with Gasteiger partial charge in [-0.1, -0.05) is 0 Å². The number of rotatable bonds is 3. The maximum Gasteiger partial charge on any atom is 0.211 e. The molecule has 2 aromatic rings. The summed E-state index contributed by atoms with van der Waals surface area (Å²) in [5.41, 5.74) is 2.41. The van der Waals surface area contributed by atoms with E-state index in [1.54, 1.807) is 10.9 Å². The number of nitrogens with zero attached hydrogens (tertiary/aromatic N) is 5. The van der Waals surface area contributed by atoms with Crippen LogP contribution >= 0.6 is 0 Å². The van der Waals surface area contributed by atoms with Crippen LogP contribution in [0.3, 0.4) is 0 Å². The number of hydrogen-bond acceptors (Lipinski definition) is 5. The van der Waals surface area contributed by atoms with Gasteiger partial charge >= 0.3 is 0 Å². The fourth-order valence-electron chi connectivity index (χ4n) is 2.95. The predicted octanol–water partition coefficient (Wildman–Crippen LogP) is 1.28. The summed E-state index contributed by atoms with van der Waals surface area (Å²) in [6.45, 7) is 2.37. The largest absolute Gasteiger partial charge is 0.266 e. The number of hydrogen-bond donors (Lipinski definition) is 0. The minimum atomic E-state index is -3.23. The molecule has 0 N–H and O–H groups in total. The molecular weight excluding hydrogens is 302 g/mol. The first-order valence-corrected chi connectivity index (χ1v) is 9.02. The van der Waals surface area contributed by atoms with Gasteiger partial charge in [0.05, 0.1) is 29.4 Å². The van der Waals surface area contributed by atoms with Gasteiger partial charge in [-0.3, -0.25) is 4.68 Å². The van der Waals surface area contributed by atoms with Crippen molar-refractivity contribution in [3.8, 4) is 11.4 Å². The molecule has 1 aliphatic rings. The maximum atomic E-state index is 11.9. The van der Waals surface area contributed by atoms with E-state index >= 15 is 0 Å². The summed E-state index contributed by atoms with van der Waals surface area (Å²) in [5.74, 6) is 0.633. The highest BCUT2D eigenvalue weighted by Crippen LogP contribution is 2.34. The van der Waals surface area contributed by atoms with E-state index < -0.39 is 10.0 Å². The molecule has 8 heteroatoms. The van der Waals surface area contributed by atoms with Crippen molar-refractivity contribution in [1.82, 2.24) is 24.1 Å². The van der Waals surface area contributed by atoms with Gasteiger partial charge in [0.25, 0.3) is 0 Å². The minimum absolute atomic E-state index is 0.205. The van der Waals surface area contributed by atoms with E-state index in [4.69, 9.17) is 0 Å². The van der Waals surface area contributed by atoms with Crippen LogP contribution in [0.15, 0.2) is 18.3 Å². The van der Waals surface area contributed by atoms with Gasteiger partial charge in [0.2, 0.25) is 10.0 Å². The average molecular weight is 321 g/mol. The van der Waals surface area contributed by atoms with E-state index in [1.165, 1.54) is 10.6 Å². The zero-order chi connectivity index (χ0) is 15.9. The van der Waals surface area contributed by atoms with Crippen molar-refractivity contribution >= 4 is 10.0 Å². The van der Waals surface area contributed by atoms with Crippen LogP contribution in [0.2, 0.25) is 0 Å². The maximum absolute atomic E-state index is 11.9. The van der Waals surface area contributed by atoms with Gasteiger partial charge in [-0.05, 0) is 31.9 Å². The smallest absolute Gasteiger partial charge is 0.211 e. The van der Waals surface area contributed by atoms with Gasteiger partial charge in [0.1, 0.15) is 5.82 Å². The van der Waals surface area contributed by atoms with Crippen molar-refractivity contribution in [2.45, 2.75) is 25.8 Å². The normalized spacial score (nSPS) is 19.7. The summed E-state index contributed by atoms with van der Waals surface area (Å²) in [5, 5.41) is 4.15. The summed E-state index contributed by atoms with van der Waals surface area (Å²) in [4.78, 5) is 8.93. The first-order chi connectivity index (χ1) is 10.4. The topological polar surface area (TPSA) is 81.0 Å². The molecule has 0 bridgehead atoms. The van der Waals surface area contributed by atoms with Gasteiger partial charge in [-0.25, -0.2) is 18.4 Å². The first kappa shape index (κ1) is 15.1. The number of aryl methyl sites for hydroxylation is 2. The molecule has 0 radical (unpaired) electrons. The summed E-state index contributed by atoms with van der Waals surface area (Å²) < 4.78 is 27.2. The zero-order valence-electron chi connectivity index (χ0n) is 12.9. The van der Waals surface area contributed by atoms with E-state index in [0.717, 1.165) is 29.9 Å². The Kier molecular flexibility index (Phi) is 3.73. The van der Waals surface area contributed by atoms with Crippen LogP contribution in [0.5, 0.6) is 0 Å². The van der Waals surface area contributed by atoms with Gasteiger partial charge in [-0.15, -0.1) is 0 Å². The SMILES string of the molecule is Cc1nc(-c2ccnn2C)cc(C2CCCN2S(C)(=O)=O)n1. The Labute approximate surface area is 130 Å². The highest BCUT2D eigenvalue weighted by Gasteiger charge is 2.33. The third-order valence-electron chi connectivity index (χ3n) is 3.91. The summed E-state index contributed by atoms with van der Waals surface area (Å²) in [6, 6.07) is 3.55. The summed E-state index contributed by atoms with van der Waals surface area (Å²) in [6.07, 6.45) is 4.60. The van der Waals surface area contributed by atoms with Gasteiger partial charge in [-0.2, -0.15) is 9.40 Å². The van der Waals surface area contributed by atoms with Crippen LogP contribution in [0.25, 0.3) is 11.4 Å². The average Bonchev–Trinajstić information content (AvgIpc) is 3.05. The second-order valence-corrected chi connectivity index (χ2v) is 7.53. The molecule has 1 atom stereocenters. The highest BCUT2D eigenvalue weighted by atomic mass is 32.2. The van der Waals surface area contributed by atoms with Crippen LogP contribution in [0.4, 0.5) is 0 Å². The number of aromatic nitrogens is 4. The van der Waals surface area contributed by atoms with Crippen molar-refractivity contribution in [3.05, 3.63) is 29.8 Å². The Morgan fingerprint density at radius 1 is 1.32 bits per heavy atom. The minimum Gasteiger partial charge on any atom is -0.266 e. The number of sulfonamides is 1. The van der Waals surface area contributed by atoms with Crippen LogP contribution in [0.1, 0.15) is 30.4 Å². The molecule has 0 aromatic carbocycles. The van der Waals surface area contributed by atoms with Crippen molar-refractivity contribution in [2.75, 3.05) is 12.8 Å². The lowest BCUT2D eigenvalue weighted by molar-refractivity contribution is 0.393. The standard InChI is InChI=1S/C14H19N5O2S/c1-10-16-11(13-6-7-15-18(13)2)9-12(17-10)14-5-4-8-19(14)22(3,20)21/h6-7,9,14H,4-5,8H2,1-3H3. The molecule has 1 unspecified atom stereocenters. The lowest BCUT2D eigenvalue weighted by atomic mass is 10.1. The van der Waals surface area contributed by atoms with Gasteiger partial charge in [0, 0.05) is 19.8 Å². The Balaban J connectivity index is 2.05. The molecule has 7 nitrogen and oxygen atoms in total. The molecule has 3 rings (SSSR count). The summed E-state index contributed by atoms with van der Waals surface area (Å²) >= 11 is 0. The molecule has 118 valence electrons. The molecule has 0 amide bonds. The summed E-state index contributed by atoms with van der Waals surface area (Å²) in [7, 11) is -1.38. The van der Waals surface area contributed by atoms with Crippen LogP contribution in [-0.4, -0.2) is 45.3 Å². The lowest BCUT2D eigenvalue weighted by Crippen LogP contribution is -2.30. The monoisotopic (exact) mass is 321 g/mol. The Morgan fingerprint density at radius 2 is 2.09 bits per heavy atom. The van der Waals surface area contributed by atoms with E-state index in [0.29, 0.717) is 12.4 Å². The van der Waals surface area contributed by atoms with E-state index in [2.05, 4.69) is 15.1 Å². The van der Waals surface area contributed by atoms with Gasteiger partial charge < -0.3 is 0 Å². The van der Waals surface area contributed by atoms with Crippen LogP contribution < -0.4 is 0 Å². The first-order valence-electron chi connectivity index (χ1n) is 7.17. The second kappa shape index (κ2) is 5.44. The molecule has 1 saturated heterocycles. The lowest BCUT2D eigenvalue weighted by Gasteiger charge is -2.22. The predicted molar refractivity (Wildman–Crippen MR) is 82.5 cm³/mol. The molecule has 1 aliphatic heterocycles. The fraction of sp³-hybridized carbons (Fsp3) is 0.500. The zero-order valence-corrected chi connectivity index (χ0v) is 13.7. The Bertz CT molecular complexity index is 799. The molecule has 3 heterocycles. The van der Waals surface area contributed by atoms with Crippen LogP contribution in [-0.2, 0) is 17.1 Å². The van der Waals surface area contributed by atoms with E-state index in [-0.39, 0.29) is 6.04 Å². The molecule has 2 aromatic heterocycles. The molecular formula is C14H19N5O2S. The van der Waals surface area contributed by atoms with E-state index in [1.807, 2.05) is 26.1 Å². The van der Waals surface area contributed by atoms with Crippen molar-refractivity contribution in [1.29, 1.82) is 0 Å². The Hall–Kier alpha value is -1.80. The highest BCUT2D eigenvalue weighted by molar-refractivity contribution is 7.88. The van der Waals surface area contributed by atoms with Crippen molar-refractivity contribution in [3.63, 3.8) is 0 Å². The molecule has 0 saturated carbocycles. The van der Waals surface area contributed by atoms with Crippen molar-refractivity contribution < 1.29 is 8.42 Å². The molecule has 22 heavy (non-hydrogen) atoms. The quantitative estimate of drug-likeness (QED) is 0.850. The van der Waals surface area contributed by atoms with Gasteiger partial charge in [0.15, 0.2) is 0 Å².